The zero-order chi connectivity index (χ0) is 16.2. The predicted molar refractivity (Wildman–Crippen MR) is 83.7 cm³/mol. The van der Waals surface area contributed by atoms with Gasteiger partial charge in [-0.3, -0.25) is 9.69 Å². The van der Waals surface area contributed by atoms with Gasteiger partial charge in [-0.05, 0) is 19.9 Å². The maximum absolute atomic E-state index is 12.2. The van der Waals surface area contributed by atoms with Crippen LogP contribution in [0, 0.1) is 6.92 Å². The van der Waals surface area contributed by atoms with Crippen molar-refractivity contribution in [2.24, 2.45) is 0 Å². The van der Waals surface area contributed by atoms with Crippen molar-refractivity contribution < 1.29 is 18.4 Å². The summed E-state index contributed by atoms with van der Waals surface area (Å²) >= 11 is 0. The number of aryl methyl sites for hydroxylation is 1. The van der Waals surface area contributed by atoms with Gasteiger partial charge >= 0.3 is 5.63 Å². The summed E-state index contributed by atoms with van der Waals surface area (Å²) in [5.74, 6) is 0.135. The van der Waals surface area contributed by atoms with Crippen molar-refractivity contribution in [1.29, 1.82) is 0 Å². The zero-order valence-electron chi connectivity index (χ0n) is 13.1. The predicted octanol–water partition coefficient (Wildman–Crippen LogP) is 1.15. The molecule has 7 heteroatoms. The van der Waals surface area contributed by atoms with E-state index >= 15 is 0 Å². The summed E-state index contributed by atoms with van der Waals surface area (Å²) in [6.45, 7) is 6.51. The van der Waals surface area contributed by atoms with Crippen LogP contribution in [0.25, 0.3) is 11.0 Å². The van der Waals surface area contributed by atoms with Gasteiger partial charge in [0, 0.05) is 25.7 Å². The Bertz CT molecular complexity index is 742. The summed E-state index contributed by atoms with van der Waals surface area (Å²) in [5, 5.41) is 3.02. The van der Waals surface area contributed by atoms with Gasteiger partial charge < -0.3 is 18.9 Å². The molecule has 2 aromatic heterocycles. The van der Waals surface area contributed by atoms with Crippen LogP contribution in [-0.4, -0.2) is 50.2 Å². The number of morpholine rings is 1. The van der Waals surface area contributed by atoms with Crippen molar-refractivity contribution in [1.82, 2.24) is 10.2 Å². The van der Waals surface area contributed by atoms with Crippen LogP contribution >= 0.6 is 0 Å². The minimum Gasteiger partial charge on any atom is -0.463 e. The fourth-order valence-electron chi connectivity index (χ4n) is 2.69. The van der Waals surface area contributed by atoms with E-state index in [4.69, 9.17) is 13.6 Å². The molecule has 124 valence electrons. The average Bonchev–Trinajstić information content (AvgIpc) is 2.96. The van der Waals surface area contributed by atoms with Gasteiger partial charge in [-0.2, -0.15) is 0 Å². The molecule has 0 atom stereocenters. The number of carbonyl (C=O) groups excluding carboxylic acids is 1. The van der Waals surface area contributed by atoms with Crippen LogP contribution in [0.2, 0.25) is 0 Å². The molecule has 0 radical (unpaired) electrons. The summed E-state index contributed by atoms with van der Waals surface area (Å²) in [6, 6.07) is 1.60. The third-order valence-electron chi connectivity index (χ3n) is 3.90. The third kappa shape index (κ3) is 3.62. The monoisotopic (exact) mass is 320 g/mol. The molecule has 3 heterocycles. The molecule has 1 N–H and O–H groups in total. The second-order valence-electron chi connectivity index (χ2n) is 5.60. The molecule has 0 aliphatic carbocycles. The highest BCUT2D eigenvalue weighted by Crippen LogP contribution is 2.18. The van der Waals surface area contributed by atoms with Gasteiger partial charge in [0.2, 0.25) is 0 Å². The molecule has 0 unspecified atom stereocenters. The Labute approximate surface area is 133 Å². The van der Waals surface area contributed by atoms with E-state index in [0.717, 1.165) is 39.3 Å². The van der Waals surface area contributed by atoms with Crippen LogP contribution in [0.15, 0.2) is 26.0 Å². The van der Waals surface area contributed by atoms with Crippen molar-refractivity contribution in [3.05, 3.63) is 34.1 Å². The highest BCUT2D eigenvalue weighted by Gasteiger charge is 2.18. The van der Waals surface area contributed by atoms with Crippen LogP contribution in [0.3, 0.4) is 0 Å². The fraction of sp³-hybridized carbons (Fsp3) is 0.500. The summed E-state index contributed by atoms with van der Waals surface area (Å²) in [4.78, 5) is 26.4. The van der Waals surface area contributed by atoms with E-state index in [2.05, 4.69) is 10.2 Å². The largest absolute Gasteiger partial charge is 0.463 e. The number of nitrogens with zero attached hydrogens (tertiary/aromatic N) is 1. The Morgan fingerprint density at radius 2 is 2.13 bits per heavy atom. The topological polar surface area (TPSA) is 84.9 Å². The molecule has 1 amide bonds. The molecule has 23 heavy (non-hydrogen) atoms. The number of ether oxygens (including phenoxy) is 1. The van der Waals surface area contributed by atoms with Crippen molar-refractivity contribution in [3.63, 3.8) is 0 Å². The Hall–Kier alpha value is -2.12. The van der Waals surface area contributed by atoms with Crippen LogP contribution in [0.4, 0.5) is 0 Å². The lowest BCUT2D eigenvalue weighted by Gasteiger charge is -2.26. The van der Waals surface area contributed by atoms with Gasteiger partial charge in [0.25, 0.3) is 5.91 Å². The molecule has 1 aliphatic heterocycles. The SMILES string of the molecule is Cc1cc2occ(C(=O)NCCCN3CCOCC3)c2c(=O)o1. The first-order valence-electron chi connectivity index (χ1n) is 7.75. The number of amides is 1. The molecule has 0 saturated carbocycles. The molecule has 1 aliphatic rings. The van der Waals surface area contributed by atoms with E-state index in [0.29, 0.717) is 17.9 Å². The zero-order valence-corrected chi connectivity index (χ0v) is 13.1. The molecule has 1 saturated heterocycles. The Morgan fingerprint density at radius 1 is 1.35 bits per heavy atom. The van der Waals surface area contributed by atoms with Gasteiger partial charge in [-0.15, -0.1) is 0 Å². The normalized spacial score (nSPS) is 15.9. The third-order valence-corrected chi connectivity index (χ3v) is 3.90. The summed E-state index contributed by atoms with van der Waals surface area (Å²) in [6.07, 6.45) is 2.15. The smallest absolute Gasteiger partial charge is 0.347 e. The van der Waals surface area contributed by atoms with Crippen LogP contribution in [-0.2, 0) is 4.74 Å². The standard InChI is InChI=1S/C16H20N2O5/c1-11-9-13-14(16(20)23-11)12(10-22-13)15(19)17-3-2-4-18-5-7-21-8-6-18/h9-10H,2-8H2,1H3,(H,17,19). The van der Waals surface area contributed by atoms with Crippen LogP contribution in [0.1, 0.15) is 22.5 Å². The highest BCUT2D eigenvalue weighted by atomic mass is 16.5. The van der Waals surface area contributed by atoms with Crippen molar-refractivity contribution in [3.8, 4) is 0 Å². The second-order valence-corrected chi connectivity index (χ2v) is 5.60. The minimum atomic E-state index is -0.549. The van der Waals surface area contributed by atoms with Crippen molar-refractivity contribution in [2.75, 3.05) is 39.4 Å². The lowest BCUT2D eigenvalue weighted by atomic mass is 10.2. The van der Waals surface area contributed by atoms with Crippen molar-refractivity contribution in [2.45, 2.75) is 13.3 Å². The molecule has 2 aromatic rings. The lowest BCUT2D eigenvalue weighted by molar-refractivity contribution is 0.0374. The fourth-order valence-corrected chi connectivity index (χ4v) is 2.69. The molecule has 1 fully saturated rings. The first-order valence-corrected chi connectivity index (χ1v) is 7.75. The lowest BCUT2D eigenvalue weighted by Crippen LogP contribution is -2.38. The highest BCUT2D eigenvalue weighted by molar-refractivity contribution is 6.05. The Morgan fingerprint density at radius 3 is 2.91 bits per heavy atom. The van der Waals surface area contributed by atoms with Crippen LogP contribution in [0.5, 0.6) is 0 Å². The summed E-state index contributed by atoms with van der Waals surface area (Å²) < 4.78 is 15.6. The first kappa shape index (κ1) is 15.8. The average molecular weight is 320 g/mol. The molecule has 7 nitrogen and oxygen atoms in total. The van der Waals surface area contributed by atoms with Gasteiger partial charge in [-0.25, -0.2) is 4.79 Å². The van der Waals surface area contributed by atoms with Crippen LogP contribution < -0.4 is 10.9 Å². The van der Waals surface area contributed by atoms with E-state index < -0.39 is 5.63 Å². The molecule has 3 rings (SSSR count). The number of nitrogens with one attached hydrogen (secondary N) is 1. The Kier molecular flexibility index (Phi) is 4.78. The minimum absolute atomic E-state index is 0.196. The number of carbonyl (C=O) groups is 1. The number of rotatable bonds is 5. The molecule has 0 spiro atoms. The molecular formula is C16H20N2O5. The summed E-state index contributed by atoms with van der Waals surface area (Å²) in [5.41, 5.74) is 0.0459. The number of hydrogen-bond donors (Lipinski definition) is 1. The number of hydrogen-bond acceptors (Lipinski definition) is 6. The van der Waals surface area contributed by atoms with Gasteiger partial charge in [-0.1, -0.05) is 0 Å². The molecular weight excluding hydrogens is 300 g/mol. The maximum Gasteiger partial charge on any atom is 0.347 e. The van der Waals surface area contributed by atoms with E-state index in [1.54, 1.807) is 13.0 Å². The number of fused-ring (bicyclic) bond motifs is 1. The van der Waals surface area contributed by atoms with Gasteiger partial charge in [0.15, 0.2) is 0 Å². The number of furan rings is 1. The summed E-state index contributed by atoms with van der Waals surface area (Å²) in [7, 11) is 0. The van der Waals surface area contributed by atoms with E-state index in [1.165, 1.54) is 6.26 Å². The second kappa shape index (κ2) is 6.97. The quantitative estimate of drug-likeness (QED) is 0.832. The van der Waals surface area contributed by atoms with Crippen molar-refractivity contribution >= 4 is 16.9 Å². The Balaban J connectivity index is 1.57. The van der Waals surface area contributed by atoms with E-state index in [-0.39, 0.29) is 16.9 Å². The first-order chi connectivity index (χ1) is 11.1. The molecule has 0 bridgehead atoms. The molecule has 0 aromatic carbocycles. The van der Waals surface area contributed by atoms with E-state index in [1.807, 2.05) is 0 Å². The maximum atomic E-state index is 12.2. The van der Waals surface area contributed by atoms with E-state index in [9.17, 15) is 9.59 Å². The van der Waals surface area contributed by atoms with Gasteiger partial charge in [0.1, 0.15) is 23.0 Å². The van der Waals surface area contributed by atoms with Gasteiger partial charge in [0.05, 0.1) is 18.8 Å².